The summed E-state index contributed by atoms with van der Waals surface area (Å²) >= 11 is 2.61. The summed E-state index contributed by atoms with van der Waals surface area (Å²) in [6.07, 6.45) is 1.61. The fourth-order valence-corrected chi connectivity index (χ4v) is 3.80. The van der Waals surface area contributed by atoms with E-state index in [2.05, 4.69) is 20.8 Å². The average molecular weight is 378 g/mol. The Bertz CT molecular complexity index is 838. The van der Waals surface area contributed by atoms with Gasteiger partial charge in [0.1, 0.15) is 11.6 Å². The number of rotatable bonds is 7. The van der Waals surface area contributed by atoms with Crippen molar-refractivity contribution < 1.29 is 13.6 Å². The minimum Gasteiger partial charge on any atom is -0.467 e. The molecule has 0 bridgehead atoms. The lowest BCUT2D eigenvalue weighted by atomic mass is 10.3. The van der Waals surface area contributed by atoms with Crippen LogP contribution >= 0.6 is 23.1 Å². The lowest BCUT2D eigenvalue weighted by Crippen LogP contribution is -2.22. The smallest absolute Gasteiger partial charge is 0.237 e. The molecular weight excluding hydrogens is 363 g/mol. The Morgan fingerprint density at radius 3 is 2.92 bits per heavy atom. The normalized spacial score (nSPS) is 11.9. The maximum absolute atomic E-state index is 13.6. The molecule has 0 spiro atoms. The Labute approximate surface area is 151 Å². The number of thioether (sulfide) groups is 1. The molecule has 0 fully saturated rings. The summed E-state index contributed by atoms with van der Waals surface area (Å²) in [5, 5.41) is 14.0. The van der Waals surface area contributed by atoms with Gasteiger partial charge < -0.3 is 15.1 Å². The number of nitrogens with one attached hydrogen (secondary N) is 2. The van der Waals surface area contributed by atoms with Crippen molar-refractivity contribution in [2.45, 2.75) is 23.1 Å². The molecule has 6 nitrogen and oxygen atoms in total. The summed E-state index contributed by atoms with van der Waals surface area (Å²) in [5.41, 5.74) is 0.165. The number of aromatic nitrogens is 2. The Balaban J connectivity index is 1.53. The van der Waals surface area contributed by atoms with Gasteiger partial charge in [-0.05, 0) is 31.2 Å². The molecule has 0 saturated carbocycles. The number of carbonyl (C=O) groups is 1. The van der Waals surface area contributed by atoms with Crippen molar-refractivity contribution in [1.82, 2.24) is 10.2 Å². The molecule has 0 aliphatic heterocycles. The number of halogens is 1. The molecule has 3 aromatic rings. The Kier molecular flexibility index (Phi) is 5.67. The van der Waals surface area contributed by atoms with E-state index in [0.29, 0.717) is 16.0 Å². The molecule has 25 heavy (non-hydrogen) atoms. The lowest BCUT2D eigenvalue weighted by molar-refractivity contribution is -0.115. The van der Waals surface area contributed by atoms with Crippen LogP contribution in [0.3, 0.4) is 0 Å². The summed E-state index contributed by atoms with van der Waals surface area (Å²) in [5.74, 6) is 0.0332. The number of furan rings is 1. The van der Waals surface area contributed by atoms with Gasteiger partial charge in [0, 0.05) is 0 Å². The molecular formula is C16H15FN4O2S2. The summed E-state index contributed by atoms with van der Waals surface area (Å²) in [6, 6.07) is 9.73. The van der Waals surface area contributed by atoms with E-state index in [1.54, 1.807) is 25.3 Å². The first-order valence-electron chi connectivity index (χ1n) is 7.43. The fourth-order valence-electron chi connectivity index (χ4n) is 1.91. The van der Waals surface area contributed by atoms with E-state index in [-0.39, 0.29) is 11.6 Å². The van der Waals surface area contributed by atoms with E-state index in [9.17, 15) is 9.18 Å². The maximum atomic E-state index is 13.6. The Hall–Kier alpha value is -2.39. The van der Waals surface area contributed by atoms with Crippen molar-refractivity contribution in [2.24, 2.45) is 0 Å². The van der Waals surface area contributed by atoms with Gasteiger partial charge in [-0.1, -0.05) is 35.2 Å². The van der Waals surface area contributed by atoms with Gasteiger partial charge in [0.05, 0.1) is 23.7 Å². The van der Waals surface area contributed by atoms with Crippen LogP contribution in [0.5, 0.6) is 0 Å². The average Bonchev–Trinajstić information content (AvgIpc) is 3.26. The van der Waals surface area contributed by atoms with Crippen molar-refractivity contribution in [3.05, 3.63) is 54.2 Å². The van der Waals surface area contributed by atoms with Crippen LogP contribution in [-0.4, -0.2) is 21.4 Å². The summed E-state index contributed by atoms with van der Waals surface area (Å²) < 4.78 is 19.5. The second kappa shape index (κ2) is 8.13. The van der Waals surface area contributed by atoms with Crippen molar-refractivity contribution in [3.63, 3.8) is 0 Å². The summed E-state index contributed by atoms with van der Waals surface area (Å²) in [4.78, 5) is 12.2. The number of hydrogen-bond donors (Lipinski definition) is 2. The predicted molar refractivity (Wildman–Crippen MR) is 96.3 cm³/mol. The predicted octanol–water partition coefficient (Wildman–Crippen LogP) is 4.00. The van der Waals surface area contributed by atoms with Crippen molar-refractivity contribution >= 4 is 39.8 Å². The number of anilines is 2. The number of carbonyl (C=O) groups excluding carboxylic acids is 1. The molecule has 2 aromatic heterocycles. The third-order valence-corrected chi connectivity index (χ3v) is 5.24. The highest BCUT2D eigenvalue weighted by Crippen LogP contribution is 2.29. The molecule has 9 heteroatoms. The summed E-state index contributed by atoms with van der Waals surface area (Å²) in [6.45, 7) is 2.24. The zero-order chi connectivity index (χ0) is 17.6. The topological polar surface area (TPSA) is 80.1 Å². The first kappa shape index (κ1) is 17.4. The molecule has 0 aliphatic carbocycles. The van der Waals surface area contributed by atoms with Gasteiger partial charge in [-0.25, -0.2) is 4.39 Å². The van der Waals surface area contributed by atoms with Crippen LogP contribution in [0.1, 0.15) is 12.7 Å². The van der Waals surface area contributed by atoms with E-state index in [1.165, 1.54) is 35.2 Å². The van der Waals surface area contributed by atoms with Gasteiger partial charge in [-0.15, -0.1) is 10.2 Å². The van der Waals surface area contributed by atoms with Crippen LogP contribution in [0.25, 0.3) is 0 Å². The van der Waals surface area contributed by atoms with Gasteiger partial charge in [0.2, 0.25) is 11.0 Å². The zero-order valence-electron chi connectivity index (χ0n) is 13.2. The number of para-hydroxylation sites is 1. The van der Waals surface area contributed by atoms with E-state index in [0.717, 1.165) is 5.76 Å². The van der Waals surface area contributed by atoms with Crippen molar-refractivity contribution in [3.8, 4) is 0 Å². The van der Waals surface area contributed by atoms with Gasteiger partial charge in [-0.2, -0.15) is 0 Å². The highest BCUT2D eigenvalue weighted by molar-refractivity contribution is 8.02. The Morgan fingerprint density at radius 1 is 1.32 bits per heavy atom. The Morgan fingerprint density at radius 2 is 2.16 bits per heavy atom. The second-order valence-electron chi connectivity index (χ2n) is 5.04. The van der Waals surface area contributed by atoms with Gasteiger partial charge >= 0.3 is 0 Å². The molecule has 1 amide bonds. The minimum atomic E-state index is -0.464. The fraction of sp³-hybridized carbons (Fsp3) is 0.188. The number of nitrogens with zero attached hydrogens (tertiary/aromatic N) is 2. The molecule has 130 valence electrons. The minimum absolute atomic E-state index is 0.165. The third-order valence-electron chi connectivity index (χ3n) is 3.18. The third kappa shape index (κ3) is 4.80. The number of benzene rings is 1. The zero-order valence-corrected chi connectivity index (χ0v) is 14.9. The monoisotopic (exact) mass is 378 g/mol. The lowest BCUT2D eigenvalue weighted by Gasteiger charge is -2.10. The van der Waals surface area contributed by atoms with Crippen LogP contribution < -0.4 is 10.6 Å². The van der Waals surface area contributed by atoms with Crippen LogP contribution in [0, 0.1) is 5.82 Å². The van der Waals surface area contributed by atoms with E-state index in [4.69, 9.17) is 4.42 Å². The maximum Gasteiger partial charge on any atom is 0.237 e. The molecule has 1 atom stereocenters. The molecule has 2 heterocycles. The first-order chi connectivity index (χ1) is 12.1. The van der Waals surface area contributed by atoms with E-state index in [1.807, 2.05) is 12.1 Å². The standard InChI is InChI=1S/C16H15FN4O2S2/c1-10(14(22)19-13-7-3-2-6-12(13)17)24-16-21-20-15(25-16)18-9-11-5-4-8-23-11/h2-8,10H,9H2,1H3,(H,18,20)(H,19,22). The molecule has 1 unspecified atom stereocenters. The van der Waals surface area contributed by atoms with E-state index < -0.39 is 11.1 Å². The van der Waals surface area contributed by atoms with Gasteiger partial charge in [0.15, 0.2) is 4.34 Å². The molecule has 0 aliphatic rings. The van der Waals surface area contributed by atoms with Gasteiger partial charge in [0.25, 0.3) is 0 Å². The van der Waals surface area contributed by atoms with Crippen LogP contribution in [0.4, 0.5) is 15.2 Å². The molecule has 3 rings (SSSR count). The molecule has 2 N–H and O–H groups in total. The van der Waals surface area contributed by atoms with Crippen LogP contribution in [0.2, 0.25) is 0 Å². The largest absolute Gasteiger partial charge is 0.467 e. The van der Waals surface area contributed by atoms with Crippen molar-refractivity contribution in [2.75, 3.05) is 10.6 Å². The highest BCUT2D eigenvalue weighted by atomic mass is 32.2. The highest BCUT2D eigenvalue weighted by Gasteiger charge is 2.18. The van der Waals surface area contributed by atoms with Crippen molar-refractivity contribution in [1.29, 1.82) is 0 Å². The molecule has 0 radical (unpaired) electrons. The quantitative estimate of drug-likeness (QED) is 0.605. The number of hydrogen-bond acceptors (Lipinski definition) is 7. The van der Waals surface area contributed by atoms with Gasteiger partial charge in [-0.3, -0.25) is 4.79 Å². The van der Waals surface area contributed by atoms with Crippen LogP contribution in [0.15, 0.2) is 51.4 Å². The molecule has 0 saturated heterocycles. The SMILES string of the molecule is CC(Sc1nnc(NCc2ccco2)s1)C(=O)Nc1ccccc1F. The van der Waals surface area contributed by atoms with E-state index >= 15 is 0 Å². The second-order valence-corrected chi connectivity index (χ2v) is 7.60. The molecule has 1 aromatic carbocycles. The number of amides is 1. The first-order valence-corrected chi connectivity index (χ1v) is 9.13. The van der Waals surface area contributed by atoms with Crippen LogP contribution in [-0.2, 0) is 11.3 Å². The summed E-state index contributed by atoms with van der Waals surface area (Å²) in [7, 11) is 0.